The van der Waals surface area contributed by atoms with E-state index in [1.54, 1.807) is 23.9 Å². The highest BCUT2D eigenvalue weighted by Crippen LogP contribution is 2.28. The van der Waals surface area contributed by atoms with E-state index in [1.807, 2.05) is 36.6 Å². The van der Waals surface area contributed by atoms with Gasteiger partial charge in [0.2, 0.25) is 0 Å². The summed E-state index contributed by atoms with van der Waals surface area (Å²) in [5.41, 5.74) is 1.35. The van der Waals surface area contributed by atoms with Crippen molar-refractivity contribution in [3.63, 3.8) is 0 Å². The second-order valence-corrected chi connectivity index (χ2v) is 5.38. The average Bonchev–Trinajstić information content (AvgIpc) is 2.60. The molecule has 2 aromatic rings. The molecule has 0 saturated carbocycles. The van der Waals surface area contributed by atoms with Crippen LogP contribution in [0, 0.1) is 11.3 Å². The Bertz CT molecular complexity index is 761. The number of nitriles is 1. The minimum Gasteiger partial charge on any atom is -0.493 e. The van der Waals surface area contributed by atoms with E-state index in [1.165, 1.54) is 25.3 Å². The van der Waals surface area contributed by atoms with E-state index in [4.69, 9.17) is 14.7 Å². The largest absolute Gasteiger partial charge is 0.493 e. The zero-order valence-electron chi connectivity index (χ0n) is 12.8. The number of hydrogen-bond donors (Lipinski definition) is 0. The zero-order valence-corrected chi connectivity index (χ0v) is 13.6. The molecular formula is C18H15NO3S. The maximum absolute atomic E-state index is 11.9. The summed E-state index contributed by atoms with van der Waals surface area (Å²) in [6, 6.07) is 14.5. The van der Waals surface area contributed by atoms with Gasteiger partial charge < -0.3 is 9.47 Å². The highest BCUT2D eigenvalue weighted by atomic mass is 32.2. The van der Waals surface area contributed by atoms with Crippen molar-refractivity contribution in [2.45, 2.75) is 4.90 Å². The number of carbonyl (C=O) groups is 1. The summed E-state index contributed by atoms with van der Waals surface area (Å²) < 4.78 is 10.4. The third kappa shape index (κ3) is 4.63. The van der Waals surface area contributed by atoms with Crippen LogP contribution in [0.3, 0.4) is 0 Å². The number of carbonyl (C=O) groups excluding carboxylic acids is 1. The van der Waals surface area contributed by atoms with Crippen LogP contribution in [0.15, 0.2) is 53.4 Å². The smallest absolute Gasteiger partial charge is 0.336 e. The summed E-state index contributed by atoms with van der Waals surface area (Å²) in [6.45, 7) is 0. The van der Waals surface area contributed by atoms with Crippen LogP contribution in [-0.4, -0.2) is 19.3 Å². The molecule has 0 aromatic heterocycles. The van der Waals surface area contributed by atoms with Gasteiger partial charge in [0.25, 0.3) is 0 Å². The van der Waals surface area contributed by atoms with Crippen molar-refractivity contribution in [1.82, 2.24) is 0 Å². The standard InChI is InChI=1S/C18H15NO3S/c1-21-17-11-14(12-19)5-9-16(17)22-18(20)10-6-13-3-7-15(23-2)8-4-13/h3-11H,1-2H3/b10-6+. The molecule has 23 heavy (non-hydrogen) atoms. The van der Waals surface area contributed by atoms with Gasteiger partial charge >= 0.3 is 5.97 Å². The molecule has 116 valence electrons. The molecule has 0 aliphatic rings. The van der Waals surface area contributed by atoms with Gasteiger partial charge in [-0.2, -0.15) is 5.26 Å². The summed E-state index contributed by atoms with van der Waals surface area (Å²) in [4.78, 5) is 13.1. The molecule has 0 bridgehead atoms. The van der Waals surface area contributed by atoms with E-state index in [0.717, 1.165) is 10.5 Å². The van der Waals surface area contributed by atoms with Gasteiger partial charge in [-0.25, -0.2) is 4.79 Å². The molecule has 5 heteroatoms. The lowest BCUT2D eigenvalue weighted by Gasteiger charge is -2.07. The number of hydrogen-bond acceptors (Lipinski definition) is 5. The maximum atomic E-state index is 11.9. The minimum atomic E-state index is -0.512. The molecule has 2 aromatic carbocycles. The van der Waals surface area contributed by atoms with Crippen molar-refractivity contribution in [3.8, 4) is 17.6 Å². The van der Waals surface area contributed by atoms with Crippen LogP contribution < -0.4 is 9.47 Å². The normalized spacial score (nSPS) is 10.3. The lowest BCUT2D eigenvalue weighted by Crippen LogP contribution is -2.05. The van der Waals surface area contributed by atoms with Gasteiger partial charge in [-0.1, -0.05) is 12.1 Å². The van der Waals surface area contributed by atoms with Crippen LogP contribution in [0.1, 0.15) is 11.1 Å². The third-order valence-electron chi connectivity index (χ3n) is 3.03. The van der Waals surface area contributed by atoms with E-state index in [2.05, 4.69) is 0 Å². The molecule has 4 nitrogen and oxygen atoms in total. The summed E-state index contributed by atoms with van der Waals surface area (Å²) in [5.74, 6) is 0.107. The van der Waals surface area contributed by atoms with E-state index in [-0.39, 0.29) is 5.75 Å². The van der Waals surface area contributed by atoms with E-state index in [9.17, 15) is 4.79 Å². The molecule has 2 rings (SSSR count). The number of rotatable bonds is 5. The van der Waals surface area contributed by atoms with Gasteiger partial charge in [0.1, 0.15) is 0 Å². The van der Waals surface area contributed by atoms with Gasteiger partial charge in [0.15, 0.2) is 11.5 Å². The number of nitrogens with zero attached hydrogens (tertiary/aromatic N) is 1. The van der Waals surface area contributed by atoms with Crippen molar-refractivity contribution in [2.75, 3.05) is 13.4 Å². The minimum absolute atomic E-state index is 0.277. The first-order valence-corrected chi connectivity index (χ1v) is 8.01. The van der Waals surface area contributed by atoms with Gasteiger partial charge in [-0.05, 0) is 42.2 Å². The number of methoxy groups -OCH3 is 1. The van der Waals surface area contributed by atoms with Crippen molar-refractivity contribution >= 4 is 23.8 Å². The maximum Gasteiger partial charge on any atom is 0.336 e. The van der Waals surface area contributed by atoms with Crippen molar-refractivity contribution in [3.05, 3.63) is 59.7 Å². The Kier molecular flexibility index (Phi) is 5.84. The van der Waals surface area contributed by atoms with Gasteiger partial charge in [0, 0.05) is 17.0 Å². The first-order valence-electron chi connectivity index (χ1n) is 6.78. The Balaban J connectivity index is 2.07. The van der Waals surface area contributed by atoms with Crippen LogP contribution in [0.25, 0.3) is 6.08 Å². The molecule has 0 atom stereocenters. The van der Waals surface area contributed by atoms with Gasteiger partial charge in [-0.3, -0.25) is 0 Å². The predicted octanol–water partition coefficient (Wildman–Crippen LogP) is 3.91. The first-order chi connectivity index (χ1) is 11.2. The van der Waals surface area contributed by atoms with Gasteiger partial charge in [0.05, 0.1) is 18.7 Å². The lowest BCUT2D eigenvalue weighted by atomic mass is 10.2. The van der Waals surface area contributed by atoms with E-state index < -0.39 is 5.97 Å². The second-order valence-electron chi connectivity index (χ2n) is 4.51. The zero-order chi connectivity index (χ0) is 16.7. The van der Waals surface area contributed by atoms with Crippen LogP contribution >= 0.6 is 11.8 Å². The first kappa shape index (κ1) is 16.7. The number of ether oxygens (including phenoxy) is 2. The van der Waals surface area contributed by atoms with Crippen LogP contribution in [0.5, 0.6) is 11.5 Å². The molecule has 0 spiro atoms. The lowest BCUT2D eigenvalue weighted by molar-refractivity contribution is -0.129. The monoisotopic (exact) mass is 325 g/mol. The predicted molar refractivity (Wildman–Crippen MR) is 90.6 cm³/mol. The number of esters is 1. The fourth-order valence-electron chi connectivity index (χ4n) is 1.84. The Morgan fingerprint density at radius 1 is 1.17 bits per heavy atom. The molecule has 0 aliphatic heterocycles. The Hall–Kier alpha value is -2.71. The quantitative estimate of drug-likeness (QED) is 0.361. The SMILES string of the molecule is COc1cc(C#N)ccc1OC(=O)/C=C/c1ccc(SC)cc1. The third-order valence-corrected chi connectivity index (χ3v) is 3.77. The molecular weight excluding hydrogens is 310 g/mol. The highest BCUT2D eigenvalue weighted by molar-refractivity contribution is 7.98. The molecule has 0 heterocycles. The molecule has 0 unspecified atom stereocenters. The van der Waals surface area contributed by atoms with E-state index >= 15 is 0 Å². The van der Waals surface area contributed by atoms with Crippen molar-refractivity contribution < 1.29 is 14.3 Å². The van der Waals surface area contributed by atoms with Crippen LogP contribution in [0.4, 0.5) is 0 Å². The highest BCUT2D eigenvalue weighted by Gasteiger charge is 2.08. The van der Waals surface area contributed by atoms with Crippen molar-refractivity contribution in [1.29, 1.82) is 5.26 Å². The van der Waals surface area contributed by atoms with Crippen LogP contribution in [-0.2, 0) is 4.79 Å². The fourth-order valence-corrected chi connectivity index (χ4v) is 2.25. The molecule has 0 aliphatic carbocycles. The Morgan fingerprint density at radius 3 is 2.52 bits per heavy atom. The van der Waals surface area contributed by atoms with Crippen molar-refractivity contribution in [2.24, 2.45) is 0 Å². The van der Waals surface area contributed by atoms with Gasteiger partial charge in [-0.15, -0.1) is 11.8 Å². The fraction of sp³-hybridized carbons (Fsp3) is 0.111. The Labute approximate surface area is 139 Å². The molecule has 0 saturated heterocycles. The number of benzene rings is 2. The summed E-state index contributed by atoms with van der Waals surface area (Å²) in [5, 5.41) is 8.85. The average molecular weight is 325 g/mol. The number of thioether (sulfide) groups is 1. The summed E-state index contributed by atoms with van der Waals surface area (Å²) in [6.07, 6.45) is 5.04. The topological polar surface area (TPSA) is 59.3 Å². The summed E-state index contributed by atoms with van der Waals surface area (Å²) in [7, 11) is 1.46. The van der Waals surface area contributed by atoms with E-state index in [0.29, 0.717) is 11.3 Å². The molecule has 0 radical (unpaired) electrons. The molecule has 0 N–H and O–H groups in total. The molecule has 0 amide bonds. The summed E-state index contributed by atoms with van der Waals surface area (Å²) >= 11 is 1.66. The van der Waals surface area contributed by atoms with Crippen LogP contribution in [0.2, 0.25) is 0 Å². The second kappa shape index (κ2) is 8.06. The Morgan fingerprint density at radius 2 is 1.91 bits per heavy atom. The molecule has 0 fully saturated rings.